The fourth-order valence-electron chi connectivity index (χ4n) is 1.66. The highest BCUT2D eigenvalue weighted by Crippen LogP contribution is 2.26. The van der Waals surface area contributed by atoms with E-state index < -0.39 is 0 Å². The second-order valence-corrected chi connectivity index (χ2v) is 3.85. The third kappa shape index (κ3) is 3.65. The normalized spacial score (nSPS) is 11.6. The Labute approximate surface area is 103 Å². The number of ether oxygens (including phenoxy) is 1. The molecule has 0 aliphatic carbocycles. The van der Waals surface area contributed by atoms with Gasteiger partial charge >= 0.3 is 0 Å². The largest absolute Gasteiger partial charge is 0.495 e. The molecule has 1 atom stereocenters. The summed E-state index contributed by atoms with van der Waals surface area (Å²) < 4.78 is 5.30. The van der Waals surface area contributed by atoms with Gasteiger partial charge < -0.3 is 15.0 Å². The molecule has 0 saturated heterocycles. The highest BCUT2D eigenvalue weighted by Gasteiger charge is 2.09. The molecule has 1 unspecified atom stereocenters. The van der Waals surface area contributed by atoms with Crippen LogP contribution in [0.2, 0.25) is 0 Å². The Kier molecular flexibility index (Phi) is 5.31. The molecule has 1 aromatic rings. The number of para-hydroxylation sites is 2. The summed E-state index contributed by atoms with van der Waals surface area (Å²) in [6, 6.07) is 9.99. The molecule has 0 amide bonds. The molecule has 0 bridgehead atoms. The Bertz CT molecular complexity index is 386. The number of nitrogens with one attached hydrogen (secondary N) is 1. The van der Waals surface area contributed by atoms with Gasteiger partial charge in [-0.15, -0.1) is 0 Å². The second kappa shape index (κ2) is 6.77. The minimum atomic E-state index is -0.104. The van der Waals surface area contributed by atoms with Gasteiger partial charge in [0.05, 0.1) is 24.9 Å². The van der Waals surface area contributed by atoms with Gasteiger partial charge in [0.25, 0.3) is 0 Å². The molecule has 0 heterocycles. The average molecular weight is 233 g/mol. The SMILES string of the molecule is CNC(C#N)CCN(C)c1ccccc1OC. The molecular weight excluding hydrogens is 214 g/mol. The zero-order valence-corrected chi connectivity index (χ0v) is 10.6. The Morgan fingerprint density at radius 2 is 2.18 bits per heavy atom. The number of hydrogen-bond donors (Lipinski definition) is 1. The summed E-state index contributed by atoms with van der Waals surface area (Å²) in [5.74, 6) is 0.855. The molecule has 0 fully saturated rings. The average Bonchev–Trinajstić information content (AvgIpc) is 2.39. The van der Waals surface area contributed by atoms with Crippen molar-refractivity contribution in [3.8, 4) is 11.8 Å². The first-order valence-electron chi connectivity index (χ1n) is 5.64. The molecule has 0 aliphatic rings. The van der Waals surface area contributed by atoms with Crippen LogP contribution in [0.1, 0.15) is 6.42 Å². The molecule has 4 heteroatoms. The van der Waals surface area contributed by atoms with Crippen molar-refractivity contribution in [1.82, 2.24) is 5.32 Å². The van der Waals surface area contributed by atoms with Crippen LogP contribution in [0.15, 0.2) is 24.3 Å². The lowest BCUT2D eigenvalue weighted by atomic mass is 10.2. The zero-order chi connectivity index (χ0) is 12.7. The van der Waals surface area contributed by atoms with Gasteiger partial charge in [0.2, 0.25) is 0 Å². The standard InChI is InChI=1S/C13H19N3O/c1-15-11(10-14)8-9-16(2)12-6-4-5-7-13(12)17-3/h4-7,11,15H,8-9H2,1-3H3. The number of benzene rings is 1. The Morgan fingerprint density at radius 3 is 2.76 bits per heavy atom. The van der Waals surface area contributed by atoms with Crippen LogP contribution in [-0.2, 0) is 0 Å². The lowest BCUT2D eigenvalue weighted by Gasteiger charge is -2.22. The molecule has 92 valence electrons. The van der Waals surface area contributed by atoms with Crippen molar-refractivity contribution in [2.45, 2.75) is 12.5 Å². The number of rotatable bonds is 6. The van der Waals surface area contributed by atoms with Crippen LogP contribution in [-0.4, -0.2) is 33.8 Å². The fourth-order valence-corrected chi connectivity index (χ4v) is 1.66. The predicted octanol–water partition coefficient (Wildman–Crippen LogP) is 1.63. The monoisotopic (exact) mass is 233 g/mol. The van der Waals surface area contributed by atoms with E-state index in [0.29, 0.717) is 0 Å². The first-order chi connectivity index (χ1) is 8.22. The topological polar surface area (TPSA) is 48.3 Å². The number of hydrogen-bond acceptors (Lipinski definition) is 4. The molecule has 1 rings (SSSR count). The third-order valence-corrected chi connectivity index (χ3v) is 2.75. The Hall–Kier alpha value is -1.73. The van der Waals surface area contributed by atoms with Crippen molar-refractivity contribution in [3.05, 3.63) is 24.3 Å². The zero-order valence-electron chi connectivity index (χ0n) is 10.6. The molecule has 0 aromatic heterocycles. The van der Waals surface area contributed by atoms with E-state index >= 15 is 0 Å². The maximum atomic E-state index is 8.85. The summed E-state index contributed by atoms with van der Waals surface area (Å²) in [4.78, 5) is 2.10. The van der Waals surface area contributed by atoms with E-state index in [-0.39, 0.29) is 6.04 Å². The summed E-state index contributed by atoms with van der Waals surface area (Å²) in [7, 11) is 5.47. The van der Waals surface area contributed by atoms with Gasteiger partial charge in [0.1, 0.15) is 5.75 Å². The smallest absolute Gasteiger partial charge is 0.142 e. The molecule has 0 aliphatic heterocycles. The molecule has 1 aromatic carbocycles. The lowest BCUT2D eigenvalue weighted by Crippen LogP contribution is -2.29. The van der Waals surface area contributed by atoms with Gasteiger partial charge in [-0.1, -0.05) is 12.1 Å². The van der Waals surface area contributed by atoms with Crippen LogP contribution in [0.4, 0.5) is 5.69 Å². The van der Waals surface area contributed by atoms with E-state index in [1.807, 2.05) is 31.3 Å². The predicted molar refractivity (Wildman–Crippen MR) is 69.3 cm³/mol. The van der Waals surface area contributed by atoms with Crippen molar-refractivity contribution < 1.29 is 4.74 Å². The van der Waals surface area contributed by atoms with Crippen molar-refractivity contribution in [2.75, 3.05) is 32.6 Å². The summed E-state index contributed by atoms with van der Waals surface area (Å²) in [5, 5.41) is 11.8. The van der Waals surface area contributed by atoms with E-state index in [1.54, 1.807) is 14.2 Å². The van der Waals surface area contributed by atoms with Crippen LogP contribution in [0.25, 0.3) is 0 Å². The number of anilines is 1. The summed E-state index contributed by atoms with van der Waals surface area (Å²) in [6.07, 6.45) is 0.779. The van der Waals surface area contributed by atoms with Crippen molar-refractivity contribution >= 4 is 5.69 Å². The first-order valence-corrected chi connectivity index (χ1v) is 5.64. The van der Waals surface area contributed by atoms with Gasteiger partial charge in [-0.25, -0.2) is 0 Å². The number of methoxy groups -OCH3 is 1. The first kappa shape index (κ1) is 13.3. The quantitative estimate of drug-likeness (QED) is 0.811. The second-order valence-electron chi connectivity index (χ2n) is 3.85. The van der Waals surface area contributed by atoms with Crippen LogP contribution >= 0.6 is 0 Å². The maximum absolute atomic E-state index is 8.85. The summed E-state index contributed by atoms with van der Waals surface area (Å²) in [5.41, 5.74) is 1.04. The molecule has 1 N–H and O–H groups in total. The van der Waals surface area contributed by atoms with Gasteiger partial charge in [0.15, 0.2) is 0 Å². The molecule has 17 heavy (non-hydrogen) atoms. The van der Waals surface area contributed by atoms with Gasteiger partial charge in [-0.3, -0.25) is 0 Å². The summed E-state index contributed by atoms with van der Waals surface area (Å²) >= 11 is 0. The van der Waals surface area contributed by atoms with E-state index in [4.69, 9.17) is 10.00 Å². The minimum absolute atomic E-state index is 0.104. The van der Waals surface area contributed by atoms with E-state index in [1.165, 1.54) is 0 Å². The number of nitriles is 1. The fraction of sp³-hybridized carbons (Fsp3) is 0.462. The van der Waals surface area contributed by atoms with Crippen molar-refractivity contribution in [1.29, 1.82) is 5.26 Å². The molecule has 0 radical (unpaired) electrons. The van der Waals surface area contributed by atoms with E-state index in [9.17, 15) is 0 Å². The van der Waals surface area contributed by atoms with Crippen LogP contribution < -0.4 is 15.0 Å². The highest BCUT2D eigenvalue weighted by atomic mass is 16.5. The minimum Gasteiger partial charge on any atom is -0.495 e. The lowest BCUT2D eigenvalue weighted by molar-refractivity contribution is 0.414. The molecule has 0 spiro atoms. The highest BCUT2D eigenvalue weighted by molar-refractivity contribution is 5.57. The Balaban J connectivity index is 2.64. The van der Waals surface area contributed by atoms with Gasteiger partial charge in [-0.2, -0.15) is 5.26 Å². The van der Waals surface area contributed by atoms with Crippen molar-refractivity contribution in [2.24, 2.45) is 0 Å². The molecule has 4 nitrogen and oxygen atoms in total. The molecular formula is C13H19N3O. The van der Waals surface area contributed by atoms with E-state index in [2.05, 4.69) is 16.3 Å². The molecule has 0 saturated carbocycles. The van der Waals surface area contributed by atoms with Gasteiger partial charge in [0, 0.05) is 13.6 Å². The van der Waals surface area contributed by atoms with Crippen LogP contribution in [0.5, 0.6) is 5.75 Å². The number of nitrogens with zero attached hydrogens (tertiary/aromatic N) is 2. The van der Waals surface area contributed by atoms with E-state index in [0.717, 1.165) is 24.4 Å². The van der Waals surface area contributed by atoms with Crippen molar-refractivity contribution in [3.63, 3.8) is 0 Å². The van der Waals surface area contributed by atoms with Crippen LogP contribution in [0.3, 0.4) is 0 Å². The Morgan fingerprint density at radius 1 is 1.47 bits per heavy atom. The maximum Gasteiger partial charge on any atom is 0.142 e. The van der Waals surface area contributed by atoms with Crippen LogP contribution in [0, 0.1) is 11.3 Å². The van der Waals surface area contributed by atoms with Gasteiger partial charge in [-0.05, 0) is 25.6 Å². The third-order valence-electron chi connectivity index (χ3n) is 2.75. The summed E-state index contributed by atoms with van der Waals surface area (Å²) in [6.45, 7) is 0.805.